The molecule has 0 aromatic heterocycles. The molecule has 2 fully saturated rings. The fourth-order valence-corrected chi connectivity index (χ4v) is 6.01. The number of hydrogen-bond donors (Lipinski definition) is 1. The van der Waals surface area contributed by atoms with Gasteiger partial charge in [-0.25, -0.2) is 0 Å². The number of Topliss-reactive ketones (excluding diaryl/α,β-unsaturated/α-hetero) is 1. The summed E-state index contributed by atoms with van der Waals surface area (Å²) in [6, 6.07) is 0. The van der Waals surface area contributed by atoms with Crippen LogP contribution >= 0.6 is 0 Å². The summed E-state index contributed by atoms with van der Waals surface area (Å²) in [5.41, 5.74) is 1.55. The zero-order chi connectivity index (χ0) is 17.4. The molecule has 2 bridgehead atoms. The van der Waals surface area contributed by atoms with Gasteiger partial charge >= 0.3 is 0 Å². The third kappa shape index (κ3) is 1.58. The van der Waals surface area contributed by atoms with Crippen molar-refractivity contribution in [3.05, 3.63) is 35.5 Å². The van der Waals surface area contributed by atoms with Crippen LogP contribution in [-0.2, 0) is 9.53 Å². The predicted molar refractivity (Wildman–Crippen MR) is 93.3 cm³/mol. The maximum atomic E-state index is 13.8. The Morgan fingerprint density at radius 1 is 1.42 bits per heavy atom. The van der Waals surface area contributed by atoms with Gasteiger partial charge in [0, 0.05) is 5.92 Å². The quantitative estimate of drug-likeness (QED) is 0.790. The van der Waals surface area contributed by atoms with E-state index in [1.54, 1.807) is 0 Å². The van der Waals surface area contributed by atoms with Crippen molar-refractivity contribution in [1.82, 2.24) is 0 Å². The van der Waals surface area contributed by atoms with Crippen molar-refractivity contribution in [1.29, 1.82) is 0 Å². The van der Waals surface area contributed by atoms with E-state index < -0.39 is 11.0 Å². The number of allylic oxidation sites excluding steroid dienone is 2. The van der Waals surface area contributed by atoms with Crippen molar-refractivity contribution in [2.45, 2.75) is 52.2 Å². The lowest BCUT2D eigenvalue weighted by Gasteiger charge is -2.55. The molecular weight excluding hydrogens is 300 g/mol. The first kappa shape index (κ1) is 16.3. The monoisotopic (exact) mass is 328 g/mol. The van der Waals surface area contributed by atoms with Gasteiger partial charge in [-0.2, -0.15) is 0 Å². The SMILES string of the molecule is C=C1[C@H]2C=C(C)[C@]3(C[C@H]4C(C)=CC[C@H](C(C)C)[C@H]4C(=O)[C@]13CO)O2. The summed E-state index contributed by atoms with van der Waals surface area (Å²) in [5.74, 6) is 1.14. The van der Waals surface area contributed by atoms with Gasteiger partial charge in [0.2, 0.25) is 0 Å². The smallest absolute Gasteiger partial charge is 0.152 e. The Labute approximate surface area is 144 Å². The highest BCUT2D eigenvalue weighted by atomic mass is 16.5. The summed E-state index contributed by atoms with van der Waals surface area (Å²) in [4.78, 5) is 13.8. The van der Waals surface area contributed by atoms with Gasteiger partial charge in [0.15, 0.2) is 5.78 Å². The molecule has 4 rings (SSSR count). The van der Waals surface area contributed by atoms with Crippen molar-refractivity contribution in [3.8, 4) is 0 Å². The first-order chi connectivity index (χ1) is 11.3. The van der Waals surface area contributed by atoms with E-state index in [-0.39, 0.29) is 30.3 Å². The third-order valence-corrected chi connectivity index (χ3v) is 7.46. The van der Waals surface area contributed by atoms with E-state index in [1.807, 2.05) is 6.92 Å². The standard InChI is InChI=1S/C21H28O3/c1-11(2)15-7-6-12(3)16-9-21-13(4)8-17(24-21)14(5)20(21,10-22)19(23)18(15)16/h6,8,11,15-18,22H,5,7,9-10H2,1-4H3/t15-,16+,17-,18-,20+,21+/m1/s1. The summed E-state index contributed by atoms with van der Waals surface area (Å²) < 4.78 is 6.35. The summed E-state index contributed by atoms with van der Waals surface area (Å²) >= 11 is 0. The van der Waals surface area contributed by atoms with Crippen LogP contribution in [0.1, 0.15) is 40.5 Å². The third-order valence-electron chi connectivity index (χ3n) is 7.46. The van der Waals surface area contributed by atoms with Gasteiger partial charge in [0.25, 0.3) is 0 Å². The number of carbonyl (C=O) groups excluding carboxylic acids is 1. The highest BCUT2D eigenvalue weighted by molar-refractivity contribution is 5.96. The number of aliphatic hydroxyl groups is 1. The van der Waals surface area contributed by atoms with Crippen molar-refractivity contribution in [2.75, 3.05) is 6.61 Å². The molecular formula is C21H28O3. The fourth-order valence-electron chi connectivity index (χ4n) is 6.01. The molecule has 3 heteroatoms. The highest BCUT2D eigenvalue weighted by Crippen LogP contribution is 2.66. The van der Waals surface area contributed by atoms with Crippen LogP contribution in [0.5, 0.6) is 0 Å². The minimum Gasteiger partial charge on any atom is -0.395 e. The topological polar surface area (TPSA) is 46.5 Å². The molecule has 6 atom stereocenters. The molecule has 3 nitrogen and oxygen atoms in total. The van der Waals surface area contributed by atoms with Gasteiger partial charge < -0.3 is 9.84 Å². The van der Waals surface area contributed by atoms with Crippen molar-refractivity contribution < 1.29 is 14.6 Å². The van der Waals surface area contributed by atoms with Gasteiger partial charge in [-0.1, -0.05) is 32.1 Å². The molecule has 2 aliphatic heterocycles. The van der Waals surface area contributed by atoms with Crippen LogP contribution in [0.25, 0.3) is 0 Å². The number of ketones is 1. The minimum absolute atomic E-state index is 0.0275. The van der Waals surface area contributed by atoms with E-state index >= 15 is 0 Å². The van der Waals surface area contributed by atoms with Crippen LogP contribution in [0, 0.1) is 29.1 Å². The van der Waals surface area contributed by atoms with E-state index in [0.717, 1.165) is 24.0 Å². The van der Waals surface area contributed by atoms with Crippen LogP contribution in [-0.4, -0.2) is 29.2 Å². The van der Waals surface area contributed by atoms with Gasteiger partial charge in [-0.15, -0.1) is 0 Å². The number of ether oxygens (including phenoxy) is 1. The molecule has 2 heterocycles. The van der Waals surface area contributed by atoms with Crippen molar-refractivity contribution in [3.63, 3.8) is 0 Å². The molecule has 0 aromatic rings. The minimum atomic E-state index is -0.942. The van der Waals surface area contributed by atoms with E-state index in [9.17, 15) is 9.90 Å². The van der Waals surface area contributed by atoms with E-state index in [2.05, 4.69) is 39.5 Å². The fraction of sp³-hybridized carbons (Fsp3) is 0.667. The summed E-state index contributed by atoms with van der Waals surface area (Å²) in [6.07, 6.45) is 5.93. The predicted octanol–water partition coefficient (Wildman–Crippen LogP) is 3.45. The summed E-state index contributed by atoms with van der Waals surface area (Å²) in [6.45, 7) is 12.6. The zero-order valence-corrected chi connectivity index (χ0v) is 15.1. The van der Waals surface area contributed by atoms with Gasteiger partial charge in [0.05, 0.1) is 12.7 Å². The first-order valence-corrected chi connectivity index (χ1v) is 9.18. The Morgan fingerprint density at radius 2 is 2.12 bits per heavy atom. The molecule has 0 aromatic carbocycles. The molecule has 130 valence electrons. The van der Waals surface area contributed by atoms with Crippen LogP contribution in [0.2, 0.25) is 0 Å². The Bertz CT molecular complexity index is 685. The average molecular weight is 328 g/mol. The molecule has 1 saturated carbocycles. The Hall–Kier alpha value is -1.19. The second kappa shape index (κ2) is 4.92. The lowest BCUT2D eigenvalue weighted by molar-refractivity contribution is -0.161. The van der Waals surface area contributed by atoms with Crippen LogP contribution < -0.4 is 0 Å². The van der Waals surface area contributed by atoms with Crippen molar-refractivity contribution in [2.24, 2.45) is 29.1 Å². The number of hydrogen-bond acceptors (Lipinski definition) is 3. The molecule has 24 heavy (non-hydrogen) atoms. The molecule has 2 aliphatic carbocycles. The molecule has 4 aliphatic rings. The Kier molecular flexibility index (Phi) is 3.34. The normalized spacial score (nSPS) is 46.8. The maximum Gasteiger partial charge on any atom is 0.152 e. The molecule has 0 unspecified atom stereocenters. The van der Waals surface area contributed by atoms with Crippen LogP contribution in [0.15, 0.2) is 35.5 Å². The lowest BCUT2D eigenvalue weighted by atomic mass is 9.47. The largest absolute Gasteiger partial charge is 0.395 e. The lowest BCUT2D eigenvalue weighted by Crippen LogP contribution is -2.63. The van der Waals surface area contributed by atoms with E-state index in [4.69, 9.17) is 4.74 Å². The molecule has 0 amide bonds. The maximum absolute atomic E-state index is 13.8. The second-order valence-electron chi connectivity index (χ2n) is 8.60. The van der Waals surface area contributed by atoms with Gasteiger partial charge in [0.1, 0.15) is 11.0 Å². The highest BCUT2D eigenvalue weighted by Gasteiger charge is 2.73. The zero-order valence-electron chi connectivity index (χ0n) is 15.1. The first-order valence-electron chi connectivity index (χ1n) is 9.18. The van der Waals surface area contributed by atoms with Gasteiger partial charge in [-0.05, 0) is 61.7 Å². The Balaban J connectivity index is 1.90. The number of carbonyl (C=O) groups is 1. The molecule has 1 N–H and O–H groups in total. The molecule has 0 radical (unpaired) electrons. The second-order valence-corrected chi connectivity index (χ2v) is 8.60. The summed E-state index contributed by atoms with van der Waals surface area (Å²) in [7, 11) is 0. The summed E-state index contributed by atoms with van der Waals surface area (Å²) in [5, 5.41) is 10.4. The average Bonchev–Trinajstić information content (AvgIpc) is 2.98. The van der Waals surface area contributed by atoms with Crippen LogP contribution in [0.4, 0.5) is 0 Å². The number of rotatable bonds is 2. The number of aliphatic hydroxyl groups excluding tert-OH is 1. The molecule has 1 saturated heterocycles. The number of fused-ring (bicyclic) bond motifs is 2. The van der Waals surface area contributed by atoms with E-state index in [1.165, 1.54) is 5.57 Å². The molecule has 1 spiro atoms. The van der Waals surface area contributed by atoms with Gasteiger partial charge in [-0.3, -0.25) is 4.79 Å². The van der Waals surface area contributed by atoms with Crippen molar-refractivity contribution >= 4 is 5.78 Å². The Morgan fingerprint density at radius 3 is 2.75 bits per heavy atom. The van der Waals surface area contributed by atoms with E-state index in [0.29, 0.717) is 11.8 Å². The van der Waals surface area contributed by atoms with Crippen LogP contribution in [0.3, 0.4) is 0 Å².